The molecule has 0 aliphatic rings. The van der Waals surface area contributed by atoms with Crippen molar-refractivity contribution in [3.05, 3.63) is 62.9 Å². The molecule has 0 aliphatic carbocycles. The maximum atomic E-state index is 13.3. The molecule has 0 saturated heterocycles. The third-order valence-electron chi connectivity index (χ3n) is 2.67. The molecule has 0 heterocycles. The van der Waals surface area contributed by atoms with Gasteiger partial charge in [-0.05, 0) is 29.8 Å². The second kappa shape index (κ2) is 6.19. The maximum Gasteiger partial charge on any atom is 0.272 e. The highest BCUT2D eigenvalue weighted by Gasteiger charge is 2.14. The van der Waals surface area contributed by atoms with Crippen LogP contribution in [0.15, 0.2) is 41.3 Å². The van der Waals surface area contributed by atoms with E-state index in [1.54, 1.807) is 6.07 Å². The number of nitro benzene ring substituents is 1. The summed E-state index contributed by atoms with van der Waals surface area (Å²) in [5, 5.41) is 11.1. The van der Waals surface area contributed by atoms with Gasteiger partial charge in [-0.1, -0.05) is 11.6 Å². The number of non-ortho nitro benzene ring substituents is 1. The van der Waals surface area contributed by atoms with Gasteiger partial charge in [0.15, 0.2) is 0 Å². The van der Waals surface area contributed by atoms with Gasteiger partial charge in [-0.2, -0.15) is 0 Å². The van der Waals surface area contributed by atoms with Crippen LogP contribution in [0.25, 0.3) is 0 Å². The highest BCUT2D eigenvalue weighted by Crippen LogP contribution is 2.24. The first-order chi connectivity index (χ1) is 9.86. The molecule has 0 spiro atoms. The van der Waals surface area contributed by atoms with Crippen LogP contribution in [0.1, 0.15) is 5.56 Å². The number of rotatable bonds is 4. The summed E-state index contributed by atoms with van der Waals surface area (Å²) >= 11 is 5.75. The van der Waals surface area contributed by atoms with Crippen molar-refractivity contribution >= 4 is 33.8 Å². The minimum atomic E-state index is -1.56. The van der Waals surface area contributed by atoms with Crippen LogP contribution in [0.2, 0.25) is 5.02 Å². The lowest BCUT2D eigenvalue weighted by Crippen LogP contribution is -2.02. The molecule has 0 saturated carbocycles. The summed E-state index contributed by atoms with van der Waals surface area (Å²) in [7, 11) is -1.56. The van der Waals surface area contributed by atoms with Crippen LogP contribution in [-0.2, 0) is 16.6 Å². The topological polar surface area (TPSA) is 86.2 Å². The summed E-state index contributed by atoms with van der Waals surface area (Å²) in [6.45, 7) is 0. The van der Waals surface area contributed by atoms with Crippen molar-refractivity contribution in [2.75, 3.05) is 5.73 Å². The van der Waals surface area contributed by atoms with E-state index in [0.717, 1.165) is 12.1 Å². The van der Waals surface area contributed by atoms with Crippen molar-refractivity contribution in [2.24, 2.45) is 0 Å². The molecular weight excluding hydrogens is 319 g/mol. The number of benzene rings is 2. The van der Waals surface area contributed by atoms with E-state index in [1.165, 1.54) is 18.2 Å². The van der Waals surface area contributed by atoms with Crippen LogP contribution >= 0.6 is 11.6 Å². The van der Waals surface area contributed by atoms with E-state index in [4.69, 9.17) is 17.3 Å². The lowest BCUT2D eigenvalue weighted by molar-refractivity contribution is -0.385. The van der Waals surface area contributed by atoms with Crippen LogP contribution in [0.5, 0.6) is 0 Å². The Hall–Kier alpha value is -1.99. The minimum Gasteiger partial charge on any atom is -0.398 e. The van der Waals surface area contributed by atoms with Crippen molar-refractivity contribution in [2.45, 2.75) is 10.6 Å². The molecule has 2 N–H and O–H groups in total. The Labute approximate surface area is 127 Å². The fourth-order valence-corrected chi connectivity index (χ4v) is 3.12. The molecule has 110 valence electrons. The summed E-state index contributed by atoms with van der Waals surface area (Å²) in [5.41, 5.74) is 5.86. The summed E-state index contributed by atoms with van der Waals surface area (Å²) in [6, 6.07) is 7.62. The van der Waals surface area contributed by atoms with E-state index in [-0.39, 0.29) is 22.7 Å². The zero-order valence-corrected chi connectivity index (χ0v) is 12.2. The fraction of sp³-hybridized carbons (Fsp3) is 0.0769. The monoisotopic (exact) mass is 328 g/mol. The van der Waals surface area contributed by atoms with Gasteiger partial charge >= 0.3 is 0 Å². The predicted molar refractivity (Wildman–Crippen MR) is 79.0 cm³/mol. The van der Waals surface area contributed by atoms with E-state index in [9.17, 15) is 18.7 Å². The van der Waals surface area contributed by atoms with E-state index in [2.05, 4.69) is 0 Å². The number of halogens is 2. The lowest BCUT2D eigenvalue weighted by atomic mass is 10.2. The molecule has 2 aromatic rings. The van der Waals surface area contributed by atoms with E-state index in [1.807, 2.05) is 0 Å². The van der Waals surface area contributed by atoms with Crippen molar-refractivity contribution in [1.29, 1.82) is 0 Å². The largest absolute Gasteiger partial charge is 0.398 e. The molecule has 0 aromatic heterocycles. The van der Waals surface area contributed by atoms with Gasteiger partial charge in [-0.15, -0.1) is 0 Å². The van der Waals surface area contributed by atoms with Gasteiger partial charge in [0.1, 0.15) is 5.82 Å². The molecule has 2 aromatic carbocycles. The molecular formula is C13H10ClFN2O3S. The van der Waals surface area contributed by atoms with Gasteiger partial charge in [-0.25, -0.2) is 4.39 Å². The summed E-state index contributed by atoms with van der Waals surface area (Å²) in [5.74, 6) is -0.829. The van der Waals surface area contributed by atoms with Gasteiger partial charge in [0.05, 0.1) is 32.4 Å². The van der Waals surface area contributed by atoms with E-state index >= 15 is 0 Å². The third-order valence-corrected chi connectivity index (χ3v) is 4.36. The Kier molecular flexibility index (Phi) is 4.54. The zero-order valence-electron chi connectivity index (χ0n) is 10.6. The molecule has 1 unspecified atom stereocenters. The fourth-order valence-electron chi connectivity index (χ4n) is 1.78. The third kappa shape index (κ3) is 3.77. The first-order valence-electron chi connectivity index (χ1n) is 5.74. The number of hydrogen-bond donors (Lipinski definition) is 1. The van der Waals surface area contributed by atoms with Gasteiger partial charge in [-0.3, -0.25) is 14.3 Å². The zero-order chi connectivity index (χ0) is 15.6. The molecule has 0 aliphatic heterocycles. The first kappa shape index (κ1) is 15.4. The Balaban J connectivity index is 2.29. The van der Waals surface area contributed by atoms with E-state index in [0.29, 0.717) is 9.92 Å². The number of nitrogens with zero attached hydrogens (tertiary/aromatic N) is 1. The van der Waals surface area contributed by atoms with Crippen LogP contribution in [-0.4, -0.2) is 9.13 Å². The van der Waals surface area contributed by atoms with Crippen molar-refractivity contribution in [1.82, 2.24) is 0 Å². The van der Waals surface area contributed by atoms with Crippen LogP contribution < -0.4 is 5.73 Å². The van der Waals surface area contributed by atoms with Crippen LogP contribution in [0, 0.1) is 15.9 Å². The molecule has 21 heavy (non-hydrogen) atoms. The quantitative estimate of drug-likeness (QED) is 0.530. The van der Waals surface area contributed by atoms with Gasteiger partial charge in [0.2, 0.25) is 0 Å². The maximum absolute atomic E-state index is 13.3. The van der Waals surface area contributed by atoms with Gasteiger partial charge in [0, 0.05) is 16.8 Å². The van der Waals surface area contributed by atoms with Gasteiger partial charge < -0.3 is 5.73 Å². The van der Waals surface area contributed by atoms with Crippen LogP contribution in [0.3, 0.4) is 0 Å². The van der Waals surface area contributed by atoms with Crippen molar-refractivity contribution in [3.63, 3.8) is 0 Å². The SMILES string of the molecule is Nc1cc(Cl)ccc1S(=O)Cc1cc(F)cc([N+](=O)[O-])c1. The van der Waals surface area contributed by atoms with Crippen LogP contribution in [0.4, 0.5) is 15.8 Å². The number of nitrogen functional groups attached to an aromatic ring is 1. The average molecular weight is 329 g/mol. The molecule has 0 amide bonds. The van der Waals surface area contributed by atoms with Crippen molar-refractivity contribution in [3.8, 4) is 0 Å². The second-order valence-electron chi connectivity index (χ2n) is 4.25. The molecule has 1 atom stereocenters. The summed E-state index contributed by atoms with van der Waals surface area (Å²) in [6.07, 6.45) is 0. The number of nitrogens with two attached hydrogens (primary N) is 1. The van der Waals surface area contributed by atoms with E-state index < -0.39 is 21.5 Å². The summed E-state index contributed by atoms with van der Waals surface area (Å²) in [4.78, 5) is 10.3. The molecule has 2 rings (SSSR count). The molecule has 0 radical (unpaired) electrons. The number of anilines is 1. The number of hydrogen-bond acceptors (Lipinski definition) is 4. The smallest absolute Gasteiger partial charge is 0.272 e. The Bertz CT molecular complexity index is 739. The summed E-state index contributed by atoms with van der Waals surface area (Å²) < 4.78 is 25.6. The average Bonchev–Trinajstić information content (AvgIpc) is 2.37. The minimum absolute atomic E-state index is 0.0789. The predicted octanol–water partition coefficient (Wildman–Crippen LogP) is 3.28. The highest BCUT2D eigenvalue weighted by atomic mass is 35.5. The highest BCUT2D eigenvalue weighted by molar-refractivity contribution is 7.84. The molecule has 0 bridgehead atoms. The first-order valence-corrected chi connectivity index (χ1v) is 7.44. The molecule has 8 heteroatoms. The molecule has 5 nitrogen and oxygen atoms in total. The standard InChI is InChI=1S/C13H10ClFN2O3S/c14-9-1-2-13(12(16)5-9)21(20)7-8-3-10(15)6-11(4-8)17(18)19/h1-6H,7,16H2. The normalized spacial score (nSPS) is 12.1. The number of nitro groups is 1. The van der Waals surface area contributed by atoms with Crippen molar-refractivity contribution < 1.29 is 13.5 Å². The lowest BCUT2D eigenvalue weighted by Gasteiger charge is -2.06. The Morgan fingerprint density at radius 1 is 1.29 bits per heavy atom. The molecule has 0 fully saturated rings. The van der Waals surface area contributed by atoms with Gasteiger partial charge in [0.25, 0.3) is 5.69 Å². The second-order valence-corrected chi connectivity index (χ2v) is 6.10. The Morgan fingerprint density at radius 2 is 2.00 bits per heavy atom. The Morgan fingerprint density at radius 3 is 2.62 bits per heavy atom.